The minimum absolute atomic E-state index is 0.0229. The molecule has 0 radical (unpaired) electrons. The van der Waals surface area contributed by atoms with E-state index in [0.29, 0.717) is 0 Å². The molecule has 8 nitrogen and oxygen atoms in total. The summed E-state index contributed by atoms with van der Waals surface area (Å²) in [6, 6.07) is 3.50. The van der Waals surface area contributed by atoms with Crippen LogP contribution in [0.2, 0.25) is 0 Å². The van der Waals surface area contributed by atoms with Crippen molar-refractivity contribution < 1.29 is 34.1 Å². The van der Waals surface area contributed by atoms with Crippen LogP contribution in [0.4, 0.5) is 0 Å². The van der Waals surface area contributed by atoms with E-state index in [1.807, 2.05) is 0 Å². The normalized spacial score (nSPS) is 21.0. The summed E-state index contributed by atoms with van der Waals surface area (Å²) >= 11 is 1.12. The summed E-state index contributed by atoms with van der Waals surface area (Å²) in [7, 11) is 0. The topological polar surface area (TPSA) is 113 Å². The van der Waals surface area contributed by atoms with Gasteiger partial charge in [-0.2, -0.15) is 0 Å². The maximum absolute atomic E-state index is 12.1. The van der Waals surface area contributed by atoms with Gasteiger partial charge in [-0.3, -0.25) is 9.59 Å². The van der Waals surface area contributed by atoms with Crippen LogP contribution in [-0.4, -0.2) is 51.0 Å². The number of phenols is 2. The van der Waals surface area contributed by atoms with E-state index in [1.54, 1.807) is 6.26 Å². The van der Waals surface area contributed by atoms with Crippen molar-refractivity contribution in [3.8, 4) is 11.5 Å². The van der Waals surface area contributed by atoms with Gasteiger partial charge in [-0.25, -0.2) is 9.10 Å². The maximum Gasteiger partial charge on any atom is 0.338 e. The third-order valence-corrected chi connectivity index (χ3v) is 4.32. The lowest BCUT2D eigenvalue weighted by Gasteiger charge is -2.45. The highest BCUT2D eigenvalue weighted by molar-refractivity contribution is 7.96. The Morgan fingerprint density at radius 3 is 2.50 bits per heavy atom. The van der Waals surface area contributed by atoms with Crippen LogP contribution in [0.1, 0.15) is 24.2 Å². The Labute approximate surface area is 142 Å². The highest BCUT2D eigenvalue weighted by Crippen LogP contribution is 2.36. The molecule has 1 fully saturated rings. The van der Waals surface area contributed by atoms with Gasteiger partial charge < -0.3 is 19.7 Å². The zero-order valence-corrected chi connectivity index (χ0v) is 14.1. The molecule has 9 heteroatoms. The van der Waals surface area contributed by atoms with E-state index < -0.39 is 35.9 Å². The fourth-order valence-electron chi connectivity index (χ4n) is 2.34. The predicted molar refractivity (Wildman–Crippen MR) is 84.1 cm³/mol. The van der Waals surface area contributed by atoms with Crippen molar-refractivity contribution in [3.05, 3.63) is 23.8 Å². The molecule has 0 unspecified atom stereocenters. The number of rotatable bonds is 5. The van der Waals surface area contributed by atoms with Crippen LogP contribution in [-0.2, 0) is 19.1 Å². The third kappa shape index (κ3) is 3.40. The van der Waals surface area contributed by atoms with Crippen molar-refractivity contribution in [1.82, 2.24) is 4.31 Å². The lowest BCUT2D eigenvalue weighted by molar-refractivity contribution is -0.190. The molecule has 0 spiro atoms. The van der Waals surface area contributed by atoms with Crippen LogP contribution in [0, 0.1) is 5.92 Å². The molecule has 1 saturated heterocycles. The van der Waals surface area contributed by atoms with Gasteiger partial charge in [0.05, 0.1) is 5.56 Å². The van der Waals surface area contributed by atoms with Gasteiger partial charge in [0, 0.05) is 13.2 Å². The molecule has 2 N–H and O–H groups in total. The van der Waals surface area contributed by atoms with E-state index in [0.717, 1.165) is 24.1 Å². The molecular formula is C15H17NO7S. The molecule has 1 aliphatic rings. The molecule has 0 saturated carbocycles. The highest BCUT2D eigenvalue weighted by atomic mass is 32.2. The molecule has 130 valence electrons. The van der Waals surface area contributed by atoms with Crippen molar-refractivity contribution >= 4 is 29.8 Å². The van der Waals surface area contributed by atoms with Gasteiger partial charge in [-0.1, -0.05) is 0 Å². The van der Waals surface area contributed by atoms with Gasteiger partial charge in [0.1, 0.15) is 12.0 Å². The standard InChI is InChI=1S/C15H17NO7S/c1-7(12-13(20)16(24-3)14(12)23-8(2)17)22-15(21)9-4-5-10(18)11(19)6-9/h4-7,12,14,18-19H,1-3H3/t7-,12+,14-/m1/s1. The third-order valence-electron chi connectivity index (χ3n) is 3.53. The van der Waals surface area contributed by atoms with Gasteiger partial charge >= 0.3 is 11.9 Å². The number of amides is 1. The molecule has 1 aliphatic heterocycles. The summed E-state index contributed by atoms with van der Waals surface area (Å²) in [5.41, 5.74) is 0.0229. The smallest absolute Gasteiger partial charge is 0.338 e. The Morgan fingerprint density at radius 2 is 1.96 bits per heavy atom. The molecule has 24 heavy (non-hydrogen) atoms. The van der Waals surface area contributed by atoms with E-state index in [9.17, 15) is 24.6 Å². The Morgan fingerprint density at radius 1 is 1.29 bits per heavy atom. The van der Waals surface area contributed by atoms with Crippen LogP contribution in [0.25, 0.3) is 0 Å². The van der Waals surface area contributed by atoms with E-state index in [2.05, 4.69) is 0 Å². The summed E-state index contributed by atoms with van der Waals surface area (Å²) < 4.78 is 11.6. The zero-order valence-electron chi connectivity index (χ0n) is 13.3. The second-order valence-electron chi connectivity index (χ2n) is 5.19. The molecule has 0 bridgehead atoms. The Hall–Kier alpha value is -2.42. The summed E-state index contributed by atoms with van der Waals surface area (Å²) in [6.07, 6.45) is 0.0234. The lowest BCUT2D eigenvalue weighted by Crippen LogP contribution is -2.63. The molecule has 3 atom stereocenters. The van der Waals surface area contributed by atoms with Gasteiger partial charge in [-0.15, -0.1) is 0 Å². The zero-order chi connectivity index (χ0) is 18.0. The fraction of sp³-hybridized carbons (Fsp3) is 0.400. The summed E-state index contributed by atoms with van der Waals surface area (Å²) in [6.45, 7) is 2.75. The molecule has 0 aliphatic carbocycles. The first-order chi connectivity index (χ1) is 11.3. The molecule has 1 aromatic carbocycles. The van der Waals surface area contributed by atoms with Gasteiger partial charge in [0.25, 0.3) is 0 Å². The van der Waals surface area contributed by atoms with Crippen molar-refractivity contribution in [3.63, 3.8) is 0 Å². The molecule has 1 aromatic rings. The number of ether oxygens (including phenoxy) is 2. The maximum atomic E-state index is 12.1. The first-order valence-corrected chi connectivity index (χ1v) is 8.21. The van der Waals surface area contributed by atoms with Crippen LogP contribution >= 0.6 is 11.9 Å². The summed E-state index contributed by atoms with van der Waals surface area (Å²) in [4.78, 5) is 35.4. The van der Waals surface area contributed by atoms with Crippen molar-refractivity contribution in [2.45, 2.75) is 26.2 Å². The Bertz CT molecular complexity index is 678. The SMILES string of the molecule is CSN1C(=O)[C@H]([C@@H](C)OC(=O)c2ccc(O)c(O)c2)[C@H]1OC(C)=O. The molecule has 2 rings (SSSR count). The van der Waals surface area contributed by atoms with E-state index in [1.165, 1.54) is 24.2 Å². The van der Waals surface area contributed by atoms with Gasteiger partial charge in [0.2, 0.25) is 12.1 Å². The minimum atomic E-state index is -0.839. The molecular weight excluding hydrogens is 338 g/mol. The van der Waals surface area contributed by atoms with Crippen LogP contribution in [0.3, 0.4) is 0 Å². The highest BCUT2D eigenvalue weighted by Gasteiger charge is 2.54. The Kier molecular flexibility index (Phi) is 5.23. The molecule has 1 heterocycles. The van der Waals surface area contributed by atoms with Crippen molar-refractivity contribution in [1.29, 1.82) is 0 Å². The number of carbonyl (C=O) groups is 3. The number of benzene rings is 1. The number of carbonyl (C=O) groups excluding carboxylic acids is 3. The van der Waals surface area contributed by atoms with Crippen LogP contribution < -0.4 is 0 Å². The van der Waals surface area contributed by atoms with E-state index in [-0.39, 0.29) is 17.2 Å². The van der Waals surface area contributed by atoms with E-state index in [4.69, 9.17) is 9.47 Å². The fourth-order valence-corrected chi connectivity index (χ4v) is 3.02. The first kappa shape index (κ1) is 17.9. The summed E-state index contributed by atoms with van der Waals surface area (Å²) in [5.74, 6) is -3.23. The number of esters is 2. The number of phenolic OH excluding ortho intramolecular Hbond substituents is 2. The largest absolute Gasteiger partial charge is 0.504 e. The number of hydrogen-bond acceptors (Lipinski definition) is 8. The van der Waals surface area contributed by atoms with Gasteiger partial charge in [-0.05, 0) is 37.1 Å². The number of β-lactam (4-membered cyclic amide) rings is 1. The monoisotopic (exact) mass is 355 g/mol. The minimum Gasteiger partial charge on any atom is -0.504 e. The number of hydrogen-bond donors (Lipinski definition) is 2. The van der Waals surface area contributed by atoms with Crippen molar-refractivity contribution in [2.24, 2.45) is 5.92 Å². The van der Waals surface area contributed by atoms with Crippen LogP contribution in [0.5, 0.6) is 11.5 Å². The molecule has 0 aromatic heterocycles. The average molecular weight is 355 g/mol. The molecule has 1 amide bonds. The number of nitrogens with zero attached hydrogens (tertiary/aromatic N) is 1. The average Bonchev–Trinajstić information content (AvgIpc) is 2.49. The Balaban J connectivity index is 2.08. The quantitative estimate of drug-likeness (QED) is 0.351. The first-order valence-electron chi connectivity index (χ1n) is 7.03. The van der Waals surface area contributed by atoms with E-state index >= 15 is 0 Å². The number of aromatic hydroxyl groups is 2. The lowest BCUT2D eigenvalue weighted by atomic mass is 9.93. The second-order valence-corrected chi connectivity index (χ2v) is 5.94. The second kappa shape index (κ2) is 7.00. The van der Waals surface area contributed by atoms with Gasteiger partial charge in [0.15, 0.2) is 11.5 Å². The van der Waals surface area contributed by atoms with Crippen LogP contribution in [0.15, 0.2) is 18.2 Å². The predicted octanol–water partition coefficient (Wildman–Crippen LogP) is 1.27. The summed E-state index contributed by atoms with van der Waals surface area (Å²) in [5, 5.41) is 18.7. The van der Waals surface area contributed by atoms with Crippen molar-refractivity contribution in [2.75, 3.05) is 6.26 Å².